The van der Waals surface area contributed by atoms with Gasteiger partial charge in [-0.3, -0.25) is 4.79 Å². The van der Waals surface area contributed by atoms with Gasteiger partial charge in [0, 0.05) is 5.56 Å². The van der Waals surface area contributed by atoms with Crippen LogP contribution < -0.4 is 5.32 Å². The predicted octanol–water partition coefficient (Wildman–Crippen LogP) is 1.49. The lowest BCUT2D eigenvalue weighted by molar-refractivity contribution is -0.141. The molecular formula is C12H13F2NO3. The highest BCUT2D eigenvalue weighted by molar-refractivity contribution is 5.84. The number of carbonyl (C=O) groups is 2. The number of hydrogen-bond donors (Lipinski definition) is 2. The number of aliphatic carboxylic acids is 1. The number of carboxylic acid groups (broad SMARTS) is 1. The number of halogens is 2. The van der Waals surface area contributed by atoms with E-state index >= 15 is 0 Å². The van der Waals surface area contributed by atoms with E-state index < -0.39 is 36.0 Å². The Morgan fingerprint density at radius 1 is 1.39 bits per heavy atom. The number of rotatable bonds is 5. The zero-order chi connectivity index (χ0) is 13.7. The molecule has 0 heterocycles. The van der Waals surface area contributed by atoms with E-state index in [1.165, 1.54) is 12.1 Å². The van der Waals surface area contributed by atoms with Crippen molar-refractivity contribution in [3.63, 3.8) is 0 Å². The number of amides is 1. The second kappa shape index (κ2) is 6.09. The van der Waals surface area contributed by atoms with Gasteiger partial charge in [-0.25, -0.2) is 13.6 Å². The van der Waals surface area contributed by atoms with Crippen molar-refractivity contribution in [2.75, 3.05) is 0 Å². The monoisotopic (exact) mass is 257 g/mol. The third kappa shape index (κ3) is 3.51. The zero-order valence-corrected chi connectivity index (χ0v) is 9.74. The second-order valence-electron chi connectivity index (χ2n) is 3.76. The molecule has 1 aromatic rings. The number of carbonyl (C=O) groups excluding carboxylic acids is 1. The number of hydrogen-bond acceptors (Lipinski definition) is 2. The van der Waals surface area contributed by atoms with E-state index in [-0.39, 0.29) is 12.0 Å². The molecule has 0 saturated carbocycles. The van der Waals surface area contributed by atoms with E-state index in [4.69, 9.17) is 5.11 Å². The Bertz CT molecular complexity index is 463. The summed E-state index contributed by atoms with van der Waals surface area (Å²) in [5, 5.41) is 11.0. The van der Waals surface area contributed by atoms with E-state index in [2.05, 4.69) is 5.32 Å². The molecule has 0 aliphatic carbocycles. The summed E-state index contributed by atoms with van der Waals surface area (Å²) in [6.45, 7) is 1.60. The van der Waals surface area contributed by atoms with Crippen molar-refractivity contribution < 1.29 is 23.5 Å². The Morgan fingerprint density at radius 3 is 2.61 bits per heavy atom. The number of benzene rings is 1. The Kier molecular flexibility index (Phi) is 4.76. The molecule has 0 aliphatic rings. The van der Waals surface area contributed by atoms with E-state index in [1.807, 2.05) is 0 Å². The molecule has 2 N–H and O–H groups in total. The van der Waals surface area contributed by atoms with E-state index in [1.54, 1.807) is 6.92 Å². The summed E-state index contributed by atoms with van der Waals surface area (Å²) in [6.07, 6.45) is -0.180. The molecule has 0 bridgehead atoms. The molecule has 0 radical (unpaired) electrons. The van der Waals surface area contributed by atoms with Gasteiger partial charge in [0.1, 0.15) is 6.04 Å². The van der Waals surface area contributed by atoms with Crippen LogP contribution in [0.1, 0.15) is 18.9 Å². The Hall–Kier alpha value is -1.98. The maximum absolute atomic E-state index is 13.3. The predicted molar refractivity (Wildman–Crippen MR) is 59.9 cm³/mol. The van der Waals surface area contributed by atoms with Gasteiger partial charge in [0.25, 0.3) is 0 Å². The minimum Gasteiger partial charge on any atom is -0.480 e. The molecule has 0 aromatic heterocycles. The van der Waals surface area contributed by atoms with Crippen molar-refractivity contribution in [3.05, 3.63) is 35.4 Å². The van der Waals surface area contributed by atoms with Gasteiger partial charge in [-0.2, -0.15) is 0 Å². The largest absolute Gasteiger partial charge is 0.480 e. The molecule has 1 amide bonds. The summed E-state index contributed by atoms with van der Waals surface area (Å²) >= 11 is 0. The van der Waals surface area contributed by atoms with Crippen LogP contribution in [0.15, 0.2) is 18.2 Å². The summed E-state index contributed by atoms with van der Waals surface area (Å²) in [5.41, 5.74) is -0.104. The molecule has 0 fully saturated rings. The van der Waals surface area contributed by atoms with Gasteiger partial charge in [0.05, 0.1) is 6.42 Å². The van der Waals surface area contributed by atoms with Gasteiger partial charge in [-0.05, 0) is 12.5 Å². The lowest BCUT2D eigenvalue weighted by Crippen LogP contribution is -2.41. The van der Waals surface area contributed by atoms with Crippen molar-refractivity contribution in [3.8, 4) is 0 Å². The summed E-state index contributed by atoms with van der Waals surface area (Å²) in [7, 11) is 0. The first kappa shape index (κ1) is 14.1. The highest BCUT2D eigenvalue weighted by Gasteiger charge is 2.19. The molecule has 18 heavy (non-hydrogen) atoms. The number of carboxylic acids is 1. The molecule has 6 heteroatoms. The van der Waals surface area contributed by atoms with Crippen molar-refractivity contribution >= 4 is 11.9 Å². The van der Waals surface area contributed by atoms with Crippen LogP contribution in [0.3, 0.4) is 0 Å². The van der Waals surface area contributed by atoms with Crippen molar-refractivity contribution in [2.45, 2.75) is 25.8 Å². The van der Waals surface area contributed by atoms with Crippen molar-refractivity contribution in [1.82, 2.24) is 5.32 Å². The fraction of sp³-hybridized carbons (Fsp3) is 0.333. The smallest absolute Gasteiger partial charge is 0.326 e. The minimum absolute atomic E-state index is 0.104. The molecular weight excluding hydrogens is 244 g/mol. The van der Waals surface area contributed by atoms with Gasteiger partial charge in [-0.15, -0.1) is 0 Å². The van der Waals surface area contributed by atoms with E-state index in [0.717, 1.165) is 6.07 Å². The summed E-state index contributed by atoms with van der Waals surface area (Å²) in [4.78, 5) is 22.2. The van der Waals surface area contributed by atoms with Crippen LogP contribution in [-0.2, 0) is 16.0 Å². The van der Waals surface area contributed by atoms with Crippen molar-refractivity contribution in [2.24, 2.45) is 0 Å². The number of nitrogens with one attached hydrogen (secondary N) is 1. The maximum atomic E-state index is 13.3. The van der Waals surface area contributed by atoms with Gasteiger partial charge >= 0.3 is 5.97 Å². The topological polar surface area (TPSA) is 66.4 Å². The van der Waals surface area contributed by atoms with Crippen LogP contribution >= 0.6 is 0 Å². The first-order valence-electron chi connectivity index (χ1n) is 5.40. The minimum atomic E-state index is -1.16. The SMILES string of the molecule is CC[C@H](NC(=O)Cc1cccc(F)c1F)C(=O)O. The maximum Gasteiger partial charge on any atom is 0.326 e. The normalized spacial score (nSPS) is 11.9. The van der Waals surface area contributed by atoms with Crippen molar-refractivity contribution in [1.29, 1.82) is 0 Å². The first-order chi connectivity index (χ1) is 8.45. The van der Waals surface area contributed by atoms with Gasteiger partial charge in [-0.1, -0.05) is 19.1 Å². The fourth-order valence-corrected chi connectivity index (χ4v) is 1.44. The van der Waals surface area contributed by atoms with E-state index in [0.29, 0.717) is 0 Å². The van der Waals surface area contributed by atoms with E-state index in [9.17, 15) is 18.4 Å². The Balaban J connectivity index is 2.70. The third-order valence-electron chi connectivity index (χ3n) is 2.42. The summed E-state index contributed by atoms with van der Waals surface area (Å²) in [6, 6.07) is 2.49. The van der Waals surface area contributed by atoms with Gasteiger partial charge in [0.2, 0.25) is 5.91 Å². The standard InChI is InChI=1S/C12H13F2NO3/c1-2-9(12(17)18)15-10(16)6-7-4-3-5-8(13)11(7)14/h3-5,9H,2,6H2,1H3,(H,15,16)(H,17,18)/t9-/m0/s1. The molecule has 0 saturated heterocycles. The molecule has 4 nitrogen and oxygen atoms in total. The van der Waals surface area contributed by atoms with Crippen LogP contribution in [0.2, 0.25) is 0 Å². The van der Waals surface area contributed by atoms with Gasteiger partial charge < -0.3 is 10.4 Å². The molecule has 0 aliphatic heterocycles. The third-order valence-corrected chi connectivity index (χ3v) is 2.42. The average Bonchev–Trinajstić information content (AvgIpc) is 2.31. The summed E-state index contributed by atoms with van der Waals surface area (Å²) in [5.74, 6) is -3.94. The second-order valence-corrected chi connectivity index (χ2v) is 3.76. The lowest BCUT2D eigenvalue weighted by atomic mass is 10.1. The molecule has 1 aromatic carbocycles. The zero-order valence-electron chi connectivity index (χ0n) is 9.74. The van der Waals surface area contributed by atoms with Crippen LogP contribution in [-0.4, -0.2) is 23.0 Å². The quantitative estimate of drug-likeness (QED) is 0.839. The molecule has 0 unspecified atom stereocenters. The lowest BCUT2D eigenvalue weighted by Gasteiger charge is -2.12. The molecule has 98 valence electrons. The van der Waals surface area contributed by atoms with Crippen LogP contribution in [0.4, 0.5) is 8.78 Å². The van der Waals surface area contributed by atoms with Crippen LogP contribution in [0.25, 0.3) is 0 Å². The van der Waals surface area contributed by atoms with Gasteiger partial charge in [0.15, 0.2) is 11.6 Å². The Morgan fingerprint density at radius 2 is 2.06 bits per heavy atom. The van der Waals surface area contributed by atoms with Crippen LogP contribution in [0.5, 0.6) is 0 Å². The highest BCUT2D eigenvalue weighted by atomic mass is 19.2. The molecule has 0 spiro atoms. The van der Waals surface area contributed by atoms with Crippen LogP contribution in [0, 0.1) is 11.6 Å². The highest BCUT2D eigenvalue weighted by Crippen LogP contribution is 2.11. The first-order valence-corrected chi connectivity index (χ1v) is 5.40. The fourth-order valence-electron chi connectivity index (χ4n) is 1.44. The Labute approximate surface area is 103 Å². The molecule has 1 rings (SSSR count). The average molecular weight is 257 g/mol. The molecule has 1 atom stereocenters. The summed E-state index contributed by atoms with van der Waals surface area (Å²) < 4.78 is 26.2.